The van der Waals surface area contributed by atoms with Crippen molar-refractivity contribution in [1.29, 1.82) is 0 Å². The minimum absolute atomic E-state index is 0.0153. The summed E-state index contributed by atoms with van der Waals surface area (Å²) in [5.41, 5.74) is 0.844. The van der Waals surface area contributed by atoms with Crippen LogP contribution in [-0.2, 0) is 19.2 Å². The molecule has 1 atom stereocenters. The summed E-state index contributed by atoms with van der Waals surface area (Å²) in [4.78, 5) is 51.1. The number of carboxylic acids is 1. The van der Waals surface area contributed by atoms with Crippen LogP contribution in [0.1, 0.15) is 31.2 Å². The molecule has 2 aliphatic rings. The molecule has 0 aromatic heterocycles. The van der Waals surface area contributed by atoms with E-state index < -0.39 is 17.9 Å². The number of carboxylic acid groups (broad SMARTS) is 1. The van der Waals surface area contributed by atoms with E-state index >= 15 is 0 Å². The predicted molar refractivity (Wildman–Crippen MR) is 108 cm³/mol. The Morgan fingerprint density at radius 1 is 1.21 bits per heavy atom. The molecule has 28 heavy (non-hydrogen) atoms. The van der Waals surface area contributed by atoms with Gasteiger partial charge in [0.05, 0.1) is 11.3 Å². The highest BCUT2D eigenvalue weighted by Crippen LogP contribution is 2.36. The Balaban J connectivity index is 1.69. The fourth-order valence-corrected chi connectivity index (χ4v) is 4.45. The van der Waals surface area contributed by atoms with Gasteiger partial charge in [-0.05, 0) is 24.5 Å². The third kappa shape index (κ3) is 4.31. The lowest BCUT2D eigenvalue weighted by Crippen LogP contribution is -2.44. The van der Waals surface area contributed by atoms with E-state index in [-0.39, 0.29) is 35.5 Å². The Hall–Kier alpha value is -2.52. The van der Waals surface area contributed by atoms with Crippen LogP contribution in [0.25, 0.3) is 6.08 Å². The van der Waals surface area contributed by atoms with Crippen molar-refractivity contribution in [1.82, 2.24) is 9.80 Å². The summed E-state index contributed by atoms with van der Waals surface area (Å²) in [6.07, 6.45) is 2.37. The first kappa shape index (κ1) is 20.2. The number of thiocarbonyl (C=S) groups is 1. The minimum Gasteiger partial charge on any atom is -0.481 e. The number of hydrogen-bond donors (Lipinski definition) is 1. The van der Waals surface area contributed by atoms with E-state index in [2.05, 4.69) is 0 Å². The molecule has 2 aliphatic heterocycles. The van der Waals surface area contributed by atoms with Crippen LogP contribution >= 0.6 is 24.0 Å². The van der Waals surface area contributed by atoms with Gasteiger partial charge in [0, 0.05) is 13.0 Å². The molecule has 2 heterocycles. The molecule has 7 nitrogen and oxygen atoms in total. The number of aliphatic carboxylic acids is 1. The van der Waals surface area contributed by atoms with E-state index in [9.17, 15) is 19.2 Å². The van der Waals surface area contributed by atoms with E-state index in [4.69, 9.17) is 17.3 Å². The van der Waals surface area contributed by atoms with Gasteiger partial charge in [0.2, 0.25) is 5.91 Å². The van der Waals surface area contributed by atoms with Crippen LogP contribution in [-0.4, -0.2) is 55.5 Å². The maximum atomic E-state index is 12.8. The molecule has 3 rings (SSSR count). The number of imide groups is 1. The molecule has 1 aromatic rings. The normalized spacial score (nSPS) is 21.3. The van der Waals surface area contributed by atoms with Crippen LogP contribution in [0, 0.1) is 0 Å². The van der Waals surface area contributed by atoms with Gasteiger partial charge < -0.3 is 5.11 Å². The van der Waals surface area contributed by atoms with Crippen molar-refractivity contribution in [3.8, 4) is 0 Å². The highest BCUT2D eigenvalue weighted by molar-refractivity contribution is 8.26. The number of carbonyl (C=O) groups is 4. The Labute approximate surface area is 171 Å². The number of likely N-dealkylation sites (tertiary alicyclic amines) is 1. The van der Waals surface area contributed by atoms with Gasteiger partial charge in [-0.15, -0.1) is 0 Å². The maximum absolute atomic E-state index is 12.8. The van der Waals surface area contributed by atoms with Crippen LogP contribution in [0.3, 0.4) is 0 Å². The summed E-state index contributed by atoms with van der Waals surface area (Å²) < 4.78 is 0.256. The van der Waals surface area contributed by atoms with E-state index in [1.165, 1.54) is 4.90 Å². The van der Waals surface area contributed by atoms with Crippen LogP contribution < -0.4 is 0 Å². The average molecular weight is 418 g/mol. The van der Waals surface area contributed by atoms with Crippen LogP contribution in [0.4, 0.5) is 0 Å². The zero-order valence-electron chi connectivity index (χ0n) is 14.9. The second kappa shape index (κ2) is 8.66. The van der Waals surface area contributed by atoms with Crippen molar-refractivity contribution in [3.05, 3.63) is 40.8 Å². The molecule has 9 heteroatoms. The molecule has 0 radical (unpaired) electrons. The predicted octanol–water partition coefficient (Wildman–Crippen LogP) is 2.27. The zero-order chi connectivity index (χ0) is 20.3. The van der Waals surface area contributed by atoms with Crippen LogP contribution in [0.2, 0.25) is 0 Å². The molecule has 3 amide bonds. The maximum Gasteiger partial charge on any atom is 0.303 e. The van der Waals surface area contributed by atoms with Gasteiger partial charge in [-0.3, -0.25) is 29.0 Å². The minimum atomic E-state index is -0.929. The molecule has 2 fully saturated rings. The van der Waals surface area contributed by atoms with E-state index in [0.717, 1.165) is 22.2 Å². The SMILES string of the molecule is O=C(O)CCCCN1C(=O)CC(N2C(=O)/C(=C/c3ccccc3)SC2=S)C1=O. The van der Waals surface area contributed by atoms with Gasteiger partial charge in [-0.25, -0.2) is 0 Å². The van der Waals surface area contributed by atoms with Crippen molar-refractivity contribution in [3.63, 3.8) is 0 Å². The first-order valence-corrected chi connectivity index (χ1v) is 9.99. The average Bonchev–Trinajstić information content (AvgIpc) is 3.08. The lowest BCUT2D eigenvalue weighted by Gasteiger charge is -2.21. The molecule has 0 spiro atoms. The van der Waals surface area contributed by atoms with Gasteiger partial charge in [0.15, 0.2) is 0 Å². The standard InChI is InChI=1S/C19H18N2O5S2/c22-15-11-13(17(25)20(15)9-5-4-8-16(23)24)21-18(26)14(28-19(21)27)10-12-6-2-1-3-7-12/h1-3,6-7,10,13H,4-5,8-9,11H2,(H,23,24)/b14-10-. The summed E-state index contributed by atoms with van der Waals surface area (Å²) in [5.74, 6) is -2.12. The van der Waals surface area contributed by atoms with Crippen molar-refractivity contribution in [2.75, 3.05) is 6.54 Å². The Kier molecular flexibility index (Phi) is 6.25. The van der Waals surface area contributed by atoms with Crippen molar-refractivity contribution < 1.29 is 24.3 Å². The quantitative estimate of drug-likeness (QED) is 0.314. The van der Waals surface area contributed by atoms with Crippen molar-refractivity contribution in [2.24, 2.45) is 0 Å². The Morgan fingerprint density at radius 3 is 2.61 bits per heavy atom. The molecule has 1 N–H and O–H groups in total. The summed E-state index contributed by atoms with van der Waals surface area (Å²) in [6.45, 7) is 0.149. The number of rotatable bonds is 7. The van der Waals surface area contributed by atoms with Gasteiger partial charge in [0.1, 0.15) is 10.4 Å². The molecular formula is C19H18N2O5S2. The van der Waals surface area contributed by atoms with Crippen LogP contribution in [0.5, 0.6) is 0 Å². The third-order valence-corrected chi connectivity index (χ3v) is 5.81. The number of nitrogens with zero attached hydrogens (tertiary/aromatic N) is 2. The second-order valence-corrected chi connectivity index (χ2v) is 8.09. The van der Waals surface area contributed by atoms with E-state index in [0.29, 0.717) is 17.7 Å². The van der Waals surface area contributed by atoms with Gasteiger partial charge in [0.25, 0.3) is 11.8 Å². The molecule has 2 saturated heterocycles. The fraction of sp³-hybridized carbons (Fsp3) is 0.316. The Morgan fingerprint density at radius 2 is 1.93 bits per heavy atom. The number of amides is 3. The monoisotopic (exact) mass is 418 g/mol. The summed E-state index contributed by atoms with van der Waals surface area (Å²) in [7, 11) is 0. The summed E-state index contributed by atoms with van der Waals surface area (Å²) in [6, 6.07) is 8.37. The molecule has 146 valence electrons. The molecule has 1 unspecified atom stereocenters. The first-order chi connectivity index (χ1) is 13.4. The van der Waals surface area contributed by atoms with Crippen molar-refractivity contribution in [2.45, 2.75) is 31.7 Å². The topological polar surface area (TPSA) is 95.0 Å². The van der Waals surface area contributed by atoms with Crippen LogP contribution in [0.15, 0.2) is 35.2 Å². The number of carbonyl (C=O) groups excluding carboxylic acids is 3. The fourth-order valence-electron chi connectivity index (χ4n) is 3.10. The molecular weight excluding hydrogens is 400 g/mol. The lowest BCUT2D eigenvalue weighted by atomic mass is 10.2. The number of unbranched alkanes of at least 4 members (excludes halogenated alkanes) is 1. The molecule has 0 aliphatic carbocycles. The van der Waals surface area contributed by atoms with E-state index in [1.807, 2.05) is 30.3 Å². The lowest BCUT2D eigenvalue weighted by molar-refractivity contribution is -0.141. The number of hydrogen-bond acceptors (Lipinski definition) is 6. The number of thioether (sulfide) groups is 1. The molecule has 1 aromatic carbocycles. The van der Waals surface area contributed by atoms with Gasteiger partial charge in [-0.1, -0.05) is 54.3 Å². The first-order valence-electron chi connectivity index (χ1n) is 8.76. The second-order valence-electron chi connectivity index (χ2n) is 6.42. The number of benzene rings is 1. The zero-order valence-corrected chi connectivity index (χ0v) is 16.5. The van der Waals surface area contributed by atoms with Gasteiger partial charge in [-0.2, -0.15) is 0 Å². The summed E-state index contributed by atoms with van der Waals surface area (Å²) in [5, 5.41) is 8.67. The smallest absolute Gasteiger partial charge is 0.303 e. The molecule has 0 bridgehead atoms. The van der Waals surface area contributed by atoms with Crippen molar-refractivity contribution >= 4 is 58.1 Å². The molecule has 0 saturated carbocycles. The highest BCUT2D eigenvalue weighted by Gasteiger charge is 2.48. The highest BCUT2D eigenvalue weighted by atomic mass is 32.2. The third-order valence-electron chi connectivity index (χ3n) is 4.48. The largest absolute Gasteiger partial charge is 0.481 e. The summed E-state index contributed by atoms with van der Waals surface area (Å²) >= 11 is 6.41. The Bertz CT molecular complexity index is 868. The van der Waals surface area contributed by atoms with E-state index in [1.54, 1.807) is 6.08 Å². The van der Waals surface area contributed by atoms with Gasteiger partial charge >= 0.3 is 5.97 Å².